The summed E-state index contributed by atoms with van der Waals surface area (Å²) in [6.07, 6.45) is 27.9. The predicted octanol–water partition coefficient (Wildman–Crippen LogP) is 4.18. The van der Waals surface area contributed by atoms with Crippen molar-refractivity contribution in [2.45, 2.75) is 82.8 Å². The fourth-order valence-corrected chi connectivity index (χ4v) is 3.81. The molecule has 4 atom stereocenters. The number of aromatic amines is 1. The Labute approximate surface area is 235 Å². The molecule has 0 aliphatic carbocycles. The molecule has 1 aliphatic heterocycles. The summed E-state index contributed by atoms with van der Waals surface area (Å²) >= 11 is 0. The van der Waals surface area contributed by atoms with Crippen LogP contribution in [0.3, 0.4) is 0 Å². The third-order valence-corrected chi connectivity index (χ3v) is 5.98. The molecule has 1 aliphatic rings. The number of aliphatic hydroxyl groups excluding tert-OH is 2. The van der Waals surface area contributed by atoms with Crippen LogP contribution in [0.2, 0.25) is 0 Å². The van der Waals surface area contributed by atoms with Crippen molar-refractivity contribution in [1.29, 1.82) is 0 Å². The number of aromatic nitrogens is 2. The lowest BCUT2D eigenvalue weighted by Gasteiger charge is -2.16. The first-order valence-electron chi connectivity index (χ1n) is 13.8. The number of H-pyrrole nitrogens is 1. The lowest BCUT2D eigenvalue weighted by Crippen LogP contribution is -2.37. The fraction of sp³-hybridized carbons (Fsp3) is 0.452. The Morgan fingerprint density at radius 1 is 0.875 bits per heavy atom. The van der Waals surface area contributed by atoms with E-state index in [0.29, 0.717) is 6.42 Å². The molecule has 0 amide bonds. The van der Waals surface area contributed by atoms with Crippen molar-refractivity contribution in [2.24, 2.45) is 0 Å². The summed E-state index contributed by atoms with van der Waals surface area (Å²) in [7, 11) is 0. The molecule has 0 unspecified atom stereocenters. The van der Waals surface area contributed by atoms with Gasteiger partial charge in [-0.2, -0.15) is 0 Å². The van der Waals surface area contributed by atoms with E-state index in [0.717, 1.165) is 49.2 Å². The molecule has 218 valence electrons. The van der Waals surface area contributed by atoms with Gasteiger partial charge in [-0.3, -0.25) is 19.1 Å². The van der Waals surface area contributed by atoms with Crippen molar-refractivity contribution < 1.29 is 24.5 Å². The molecule has 3 N–H and O–H groups in total. The van der Waals surface area contributed by atoms with Gasteiger partial charge in [0.1, 0.15) is 24.9 Å². The number of esters is 1. The molecule has 9 nitrogen and oxygen atoms in total. The number of ether oxygens (including phenoxy) is 2. The number of allylic oxidation sites excluding steroid dienone is 12. The van der Waals surface area contributed by atoms with Gasteiger partial charge >= 0.3 is 11.7 Å². The molecule has 9 heteroatoms. The Bertz CT molecular complexity index is 1170. The molecule has 0 spiro atoms. The Balaban J connectivity index is 1.54. The summed E-state index contributed by atoms with van der Waals surface area (Å²) in [6.45, 7) is 1.87. The molecule has 2 rings (SSSR count). The average molecular weight is 555 g/mol. The van der Waals surface area contributed by atoms with Crippen molar-refractivity contribution in [3.05, 3.63) is 106 Å². The third kappa shape index (κ3) is 12.5. The van der Waals surface area contributed by atoms with Crippen molar-refractivity contribution in [1.82, 2.24) is 9.55 Å². The van der Waals surface area contributed by atoms with Crippen LogP contribution in [0.15, 0.2) is 94.8 Å². The second kappa shape index (κ2) is 19.5. The minimum absolute atomic E-state index is 0.163. The molecule has 2 heterocycles. The smallest absolute Gasteiger partial charge is 0.330 e. The summed E-state index contributed by atoms with van der Waals surface area (Å²) in [4.78, 5) is 37.2. The van der Waals surface area contributed by atoms with Gasteiger partial charge in [-0.15, -0.1) is 0 Å². The SMILES string of the molecule is CC/C=C/C/C=C/C/C=C/C/C=C/C/C=C/C/C=C/CCC(=O)OC[C@H]1O[C@@H](n2ccc(=O)[nH]c2=O)[C@H](O)[C@@H]1O. The third-order valence-electron chi connectivity index (χ3n) is 5.98. The van der Waals surface area contributed by atoms with Crippen LogP contribution >= 0.6 is 0 Å². The summed E-state index contributed by atoms with van der Waals surface area (Å²) in [5.74, 6) is -0.463. The van der Waals surface area contributed by atoms with Gasteiger partial charge in [-0.25, -0.2) is 4.79 Å². The van der Waals surface area contributed by atoms with Crippen LogP contribution in [0.1, 0.15) is 64.5 Å². The van der Waals surface area contributed by atoms with Crippen LogP contribution in [-0.4, -0.2) is 50.7 Å². The summed E-state index contributed by atoms with van der Waals surface area (Å²) < 4.78 is 11.7. The fourth-order valence-electron chi connectivity index (χ4n) is 3.81. The highest BCUT2D eigenvalue weighted by atomic mass is 16.6. The molecule has 1 aromatic rings. The Morgan fingerprint density at radius 3 is 1.93 bits per heavy atom. The summed E-state index contributed by atoms with van der Waals surface area (Å²) in [6, 6.07) is 1.10. The predicted molar refractivity (Wildman–Crippen MR) is 156 cm³/mol. The van der Waals surface area contributed by atoms with Gasteiger partial charge in [-0.1, -0.05) is 79.8 Å². The highest BCUT2D eigenvalue weighted by Crippen LogP contribution is 2.28. The average Bonchev–Trinajstić information content (AvgIpc) is 3.21. The van der Waals surface area contributed by atoms with Gasteiger partial charge < -0.3 is 19.7 Å². The highest BCUT2D eigenvalue weighted by Gasteiger charge is 2.44. The summed E-state index contributed by atoms with van der Waals surface area (Å²) in [5.41, 5.74) is -1.37. The Hall–Kier alpha value is -3.53. The number of carbonyl (C=O) groups excluding carboxylic acids is 1. The van der Waals surface area contributed by atoms with Crippen molar-refractivity contribution in [2.75, 3.05) is 6.61 Å². The van der Waals surface area contributed by atoms with Crippen molar-refractivity contribution in [3.8, 4) is 0 Å². The standard InChI is InChI=1S/C31H42N2O7/c1-2-3-4-5-6-7-8-9-10-11-12-13-14-15-16-17-18-19-20-21-27(35)39-24-25-28(36)29(37)30(40-25)33-23-22-26(34)32-31(33)38/h3-4,6-7,9-10,12-13,15-16,18-19,22-23,25,28-30,36-37H,2,5,8,11,14,17,20-21,24H2,1H3,(H,32,34,38)/b4-3+,7-6+,10-9+,13-12+,16-15+,19-18+/t25-,28-,29-,30-/m1/s1. The molecule has 40 heavy (non-hydrogen) atoms. The topological polar surface area (TPSA) is 131 Å². The number of aliphatic hydroxyl groups is 2. The van der Waals surface area contributed by atoms with Crippen molar-refractivity contribution >= 4 is 5.97 Å². The molecular weight excluding hydrogens is 512 g/mol. The molecule has 0 aromatic carbocycles. The Kier molecular flexibility index (Phi) is 15.9. The van der Waals surface area contributed by atoms with Gasteiger partial charge in [-0.05, 0) is 44.9 Å². The lowest BCUT2D eigenvalue weighted by molar-refractivity contribution is -0.150. The first kappa shape index (κ1) is 32.7. The number of rotatable bonds is 17. The summed E-state index contributed by atoms with van der Waals surface area (Å²) in [5, 5.41) is 20.4. The number of hydrogen-bond acceptors (Lipinski definition) is 7. The highest BCUT2D eigenvalue weighted by molar-refractivity contribution is 5.69. The van der Waals surface area contributed by atoms with Gasteiger partial charge in [0.15, 0.2) is 6.23 Å². The largest absolute Gasteiger partial charge is 0.463 e. The van der Waals surface area contributed by atoms with Crippen LogP contribution in [-0.2, 0) is 14.3 Å². The van der Waals surface area contributed by atoms with Gasteiger partial charge in [0.2, 0.25) is 0 Å². The van der Waals surface area contributed by atoms with E-state index in [1.54, 1.807) is 0 Å². The molecule has 1 fully saturated rings. The monoisotopic (exact) mass is 554 g/mol. The van der Waals surface area contributed by atoms with Gasteiger partial charge in [0.05, 0.1) is 0 Å². The van der Waals surface area contributed by atoms with Crippen LogP contribution in [0.25, 0.3) is 0 Å². The number of carbonyl (C=O) groups is 1. The second-order valence-electron chi connectivity index (χ2n) is 9.20. The van der Waals surface area contributed by atoms with E-state index in [2.05, 4.69) is 72.7 Å². The molecular formula is C31H42N2O7. The molecule has 0 saturated carbocycles. The van der Waals surface area contributed by atoms with Crippen LogP contribution in [0, 0.1) is 0 Å². The van der Waals surface area contributed by atoms with E-state index in [9.17, 15) is 24.6 Å². The zero-order valence-corrected chi connectivity index (χ0v) is 23.1. The zero-order valence-electron chi connectivity index (χ0n) is 23.1. The normalized spacial score (nSPS) is 21.9. The Morgan fingerprint density at radius 2 is 1.40 bits per heavy atom. The van der Waals surface area contributed by atoms with E-state index in [-0.39, 0.29) is 13.0 Å². The van der Waals surface area contributed by atoms with E-state index in [1.807, 2.05) is 12.2 Å². The molecule has 0 radical (unpaired) electrons. The molecule has 0 bridgehead atoms. The lowest BCUT2D eigenvalue weighted by atomic mass is 10.1. The molecule has 1 saturated heterocycles. The maximum Gasteiger partial charge on any atom is 0.330 e. The van der Waals surface area contributed by atoms with Crippen LogP contribution in [0.5, 0.6) is 0 Å². The first-order valence-corrected chi connectivity index (χ1v) is 13.8. The zero-order chi connectivity index (χ0) is 29.0. The molecule has 1 aromatic heterocycles. The van der Waals surface area contributed by atoms with Crippen LogP contribution in [0.4, 0.5) is 0 Å². The van der Waals surface area contributed by atoms with Crippen LogP contribution < -0.4 is 11.2 Å². The minimum atomic E-state index is -1.42. The minimum Gasteiger partial charge on any atom is -0.463 e. The number of hydrogen-bond donors (Lipinski definition) is 3. The first-order chi connectivity index (χ1) is 19.4. The maximum absolute atomic E-state index is 12.0. The quantitative estimate of drug-likeness (QED) is 0.195. The van der Waals surface area contributed by atoms with Crippen molar-refractivity contribution in [3.63, 3.8) is 0 Å². The van der Waals surface area contributed by atoms with E-state index in [4.69, 9.17) is 9.47 Å². The number of nitrogens with zero attached hydrogens (tertiary/aromatic N) is 1. The van der Waals surface area contributed by atoms with Gasteiger partial charge in [0.25, 0.3) is 5.56 Å². The maximum atomic E-state index is 12.0. The van der Waals surface area contributed by atoms with E-state index >= 15 is 0 Å². The van der Waals surface area contributed by atoms with E-state index in [1.165, 1.54) is 6.20 Å². The number of nitrogens with one attached hydrogen (secondary N) is 1. The van der Waals surface area contributed by atoms with Gasteiger partial charge in [0, 0.05) is 18.7 Å². The van der Waals surface area contributed by atoms with E-state index < -0.39 is 41.8 Å². The second-order valence-corrected chi connectivity index (χ2v) is 9.20.